The van der Waals surface area contributed by atoms with Crippen molar-refractivity contribution < 1.29 is 32.2 Å². The lowest BCUT2D eigenvalue weighted by Crippen LogP contribution is -2.36. The molecule has 1 aromatic carbocycles. The molecular weight excluding hydrogens is 533 g/mol. The summed E-state index contributed by atoms with van der Waals surface area (Å²) >= 11 is 1.31. The number of alkyl halides is 3. The van der Waals surface area contributed by atoms with Crippen LogP contribution in [0.1, 0.15) is 81.9 Å². The Balaban J connectivity index is 1.48. The maximum absolute atomic E-state index is 14.1. The van der Waals surface area contributed by atoms with Gasteiger partial charge in [0.2, 0.25) is 0 Å². The second-order valence-electron chi connectivity index (χ2n) is 9.94. The second-order valence-corrected chi connectivity index (χ2v) is 11.0. The first-order valence-electron chi connectivity index (χ1n) is 12.8. The first kappa shape index (κ1) is 27.0. The van der Waals surface area contributed by atoms with E-state index in [4.69, 9.17) is 9.47 Å². The number of aromatic nitrogens is 2. The number of aryl methyl sites for hydroxylation is 1. The molecule has 2 N–H and O–H groups in total. The summed E-state index contributed by atoms with van der Waals surface area (Å²) in [7, 11) is 1.51. The summed E-state index contributed by atoms with van der Waals surface area (Å²) in [6.45, 7) is 3.49. The zero-order valence-corrected chi connectivity index (χ0v) is 22.5. The van der Waals surface area contributed by atoms with E-state index in [0.29, 0.717) is 28.3 Å². The molecule has 2 aliphatic rings. The van der Waals surface area contributed by atoms with Gasteiger partial charge in [0.1, 0.15) is 22.1 Å². The number of fused-ring (bicyclic) bond motifs is 2. The number of rotatable bonds is 6. The SMILES string of the molecule is COc1ccc([C@H]2C[C@@H](C(F)(F)F)n3ncc(C(=O)Nc4sc5c(c4C(=O)OC(C)C)CCCC5)c3N2)cc1. The maximum atomic E-state index is 14.1. The third-order valence-corrected chi connectivity index (χ3v) is 8.15. The molecule has 1 aliphatic heterocycles. The highest BCUT2D eigenvalue weighted by Gasteiger charge is 2.47. The predicted molar refractivity (Wildman–Crippen MR) is 141 cm³/mol. The van der Waals surface area contributed by atoms with Gasteiger partial charge in [-0.05, 0) is 62.8 Å². The Labute approximate surface area is 227 Å². The van der Waals surface area contributed by atoms with Crippen LogP contribution in [-0.4, -0.2) is 41.0 Å². The lowest BCUT2D eigenvalue weighted by atomic mass is 9.95. The summed E-state index contributed by atoms with van der Waals surface area (Å²) in [6, 6.07) is 4.10. The molecule has 39 heavy (non-hydrogen) atoms. The van der Waals surface area contributed by atoms with Crippen molar-refractivity contribution in [3.05, 3.63) is 57.6 Å². The largest absolute Gasteiger partial charge is 0.497 e. The number of hydrogen-bond donors (Lipinski definition) is 2. The molecule has 2 atom stereocenters. The Kier molecular flexibility index (Phi) is 7.32. The molecule has 3 heterocycles. The van der Waals surface area contributed by atoms with Gasteiger partial charge < -0.3 is 20.1 Å². The Morgan fingerprint density at radius 1 is 1.18 bits per heavy atom. The highest BCUT2D eigenvalue weighted by Crippen LogP contribution is 2.45. The molecule has 8 nitrogen and oxygen atoms in total. The van der Waals surface area contributed by atoms with Crippen molar-refractivity contribution in [3.63, 3.8) is 0 Å². The smallest absolute Gasteiger partial charge is 0.410 e. The van der Waals surface area contributed by atoms with Crippen LogP contribution < -0.4 is 15.4 Å². The van der Waals surface area contributed by atoms with E-state index in [-0.39, 0.29) is 23.9 Å². The number of benzene rings is 1. The van der Waals surface area contributed by atoms with Crippen LogP contribution in [0.5, 0.6) is 5.75 Å². The van der Waals surface area contributed by atoms with Crippen LogP contribution in [0, 0.1) is 0 Å². The minimum atomic E-state index is -4.58. The molecule has 0 bridgehead atoms. The van der Waals surface area contributed by atoms with Crippen molar-refractivity contribution in [3.8, 4) is 5.75 Å². The number of anilines is 2. The minimum absolute atomic E-state index is 0.0329. The molecule has 1 aliphatic carbocycles. The van der Waals surface area contributed by atoms with Gasteiger partial charge in [-0.25, -0.2) is 9.48 Å². The number of carbonyl (C=O) groups excluding carboxylic acids is 2. The van der Waals surface area contributed by atoms with Gasteiger partial charge in [0.05, 0.1) is 31.0 Å². The van der Waals surface area contributed by atoms with Crippen LogP contribution in [-0.2, 0) is 17.6 Å². The summed E-state index contributed by atoms with van der Waals surface area (Å²) in [5.41, 5.74) is 1.78. The molecule has 0 saturated carbocycles. The number of amides is 1. The van der Waals surface area contributed by atoms with E-state index in [1.807, 2.05) is 0 Å². The summed E-state index contributed by atoms with van der Waals surface area (Å²) in [6.07, 6.45) is -0.702. The van der Waals surface area contributed by atoms with Crippen molar-refractivity contribution in [2.24, 2.45) is 0 Å². The zero-order chi connectivity index (χ0) is 27.9. The Morgan fingerprint density at radius 3 is 2.56 bits per heavy atom. The standard InChI is InChI=1S/C27H29F3N4O4S/c1-14(2)38-26(36)22-17-6-4-5-7-20(17)39-25(22)33-24(35)18-13-31-34-21(27(28,29)30)12-19(32-23(18)34)15-8-10-16(37-3)11-9-15/h8-11,13-14,19,21,32H,4-7,12H2,1-3H3,(H,33,35)/t19-,21+/m1/s1. The second kappa shape index (κ2) is 10.6. The van der Waals surface area contributed by atoms with Gasteiger partial charge >= 0.3 is 12.1 Å². The normalized spacial score (nSPS) is 18.6. The Hall–Kier alpha value is -3.54. The molecule has 3 aromatic rings. The summed E-state index contributed by atoms with van der Waals surface area (Å²) in [4.78, 5) is 27.5. The van der Waals surface area contributed by atoms with Crippen LogP contribution in [0.3, 0.4) is 0 Å². The number of carbonyl (C=O) groups is 2. The van der Waals surface area contributed by atoms with Crippen LogP contribution in [0.25, 0.3) is 0 Å². The van der Waals surface area contributed by atoms with Crippen molar-refractivity contribution >= 4 is 34.0 Å². The predicted octanol–water partition coefficient (Wildman–Crippen LogP) is 6.31. The van der Waals surface area contributed by atoms with Gasteiger partial charge in [-0.1, -0.05) is 12.1 Å². The average Bonchev–Trinajstić information content (AvgIpc) is 3.48. The first-order chi connectivity index (χ1) is 18.6. The number of methoxy groups -OCH3 is 1. The Bertz CT molecular complexity index is 1380. The molecule has 0 fully saturated rings. The fourth-order valence-corrected chi connectivity index (χ4v) is 6.37. The number of hydrogen-bond acceptors (Lipinski definition) is 7. The Morgan fingerprint density at radius 2 is 1.90 bits per heavy atom. The third kappa shape index (κ3) is 5.34. The number of nitrogens with one attached hydrogen (secondary N) is 2. The highest BCUT2D eigenvalue weighted by molar-refractivity contribution is 7.17. The molecule has 208 valence electrons. The van der Waals surface area contributed by atoms with E-state index >= 15 is 0 Å². The summed E-state index contributed by atoms with van der Waals surface area (Å²) in [5, 5.41) is 10.2. The van der Waals surface area contributed by atoms with E-state index in [9.17, 15) is 22.8 Å². The number of ether oxygens (including phenoxy) is 2. The molecule has 5 rings (SSSR count). The molecular formula is C27H29F3N4O4S. The van der Waals surface area contributed by atoms with E-state index in [2.05, 4.69) is 15.7 Å². The maximum Gasteiger partial charge on any atom is 0.410 e. The highest BCUT2D eigenvalue weighted by atomic mass is 32.1. The van der Waals surface area contributed by atoms with Crippen LogP contribution in [0.4, 0.5) is 24.0 Å². The molecule has 12 heteroatoms. The fraction of sp³-hybridized carbons (Fsp3) is 0.444. The molecule has 2 aromatic heterocycles. The van der Waals surface area contributed by atoms with E-state index in [0.717, 1.165) is 40.6 Å². The lowest BCUT2D eigenvalue weighted by molar-refractivity contribution is -0.173. The first-order valence-corrected chi connectivity index (χ1v) is 13.6. The lowest BCUT2D eigenvalue weighted by Gasteiger charge is -2.34. The molecule has 1 amide bonds. The topological polar surface area (TPSA) is 94.5 Å². The van der Waals surface area contributed by atoms with Crippen LogP contribution in [0.15, 0.2) is 30.5 Å². The van der Waals surface area contributed by atoms with Gasteiger partial charge in [-0.2, -0.15) is 18.3 Å². The van der Waals surface area contributed by atoms with Crippen LogP contribution >= 0.6 is 11.3 Å². The molecule has 0 unspecified atom stereocenters. The van der Waals surface area contributed by atoms with Crippen molar-refractivity contribution in [1.82, 2.24) is 9.78 Å². The van der Waals surface area contributed by atoms with Gasteiger partial charge in [0.25, 0.3) is 5.91 Å². The van der Waals surface area contributed by atoms with Crippen molar-refractivity contribution in [2.45, 2.75) is 70.3 Å². The van der Waals surface area contributed by atoms with E-state index < -0.39 is 30.1 Å². The molecule has 0 saturated heterocycles. The monoisotopic (exact) mass is 562 g/mol. The van der Waals surface area contributed by atoms with Crippen LogP contribution in [0.2, 0.25) is 0 Å². The molecule has 0 spiro atoms. The average molecular weight is 563 g/mol. The van der Waals surface area contributed by atoms with Gasteiger partial charge in [-0.3, -0.25) is 4.79 Å². The number of esters is 1. The van der Waals surface area contributed by atoms with Gasteiger partial charge in [0, 0.05) is 11.3 Å². The van der Waals surface area contributed by atoms with E-state index in [1.54, 1.807) is 38.1 Å². The summed E-state index contributed by atoms with van der Waals surface area (Å²) in [5.74, 6) is -0.629. The number of thiophene rings is 1. The number of halogens is 3. The van der Waals surface area contributed by atoms with Crippen molar-refractivity contribution in [2.75, 3.05) is 17.7 Å². The fourth-order valence-electron chi connectivity index (χ4n) is 5.10. The van der Waals surface area contributed by atoms with Gasteiger partial charge in [-0.15, -0.1) is 11.3 Å². The molecule has 0 radical (unpaired) electrons. The van der Waals surface area contributed by atoms with Crippen molar-refractivity contribution in [1.29, 1.82) is 0 Å². The van der Waals surface area contributed by atoms with Gasteiger partial charge in [0.15, 0.2) is 6.04 Å². The quantitative estimate of drug-likeness (QED) is 0.342. The third-order valence-electron chi connectivity index (χ3n) is 6.95. The zero-order valence-electron chi connectivity index (χ0n) is 21.7. The minimum Gasteiger partial charge on any atom is -0.497 e. The van der Waals surface area contributed by atoms with E-state index in [1.165, 1.54) is 18.4 Å². The summed E-state index contributed by atoms with van der Waals surface area (Å²) < 4.78 is 53.7. The number of nitrogens with zero attached hydrogens (tertiary/aromatic N) is 2.